The molecule has 0 heterocycles. The van der Waals surface area contributed by atoms with Crippen LogP contribution >= 0.6 is 0 Å². The van der Waals surface area contributed by atoms with Crippen molar-refractivity contribution in [1.82, 2.24) is 0 Å². The molecule has 0 aliphatic heterocycles. The van der Waals surface area contributed by atoms with Crippen LogP contribution in [-0.4, -0.2) is 12.3 Å². The van der Waals surface area contributed by atoms with Crippen LogP contribution in [0.5, 0.6) is 0 Å². The van der Waals surface area contributed by atoms with Gasteiger partial charge in [-0.15, -0.1) is 0 Å². The van der Waals surface area contributed by atoms with Gasteiger partial charge in [0.2, 0.25) is 0 Å². The van der Waals surface area contributed by atoms with Gasteiger partial charge in [-0.05, 0) is 31.4 Å². The van der Waals surface area contributed by atoms with E-state index in [1.165, 1.54) is 0 Å². The Morgan fingerprint density at radius 3 is 2.87 bits per heavy atom. The highest BCUT2D eigenvalue weighted by molar-refractivity contribution is 5.84. The van der Waals surface area contributed by atoms with Gasteiger partial charge in [0.25, 0.3) is 0 Å². The van der Waals surface area contributed by atoms with Crippen molar-refractivity contribution in [2.24, 2.45) is 0 Å². The van der Waals surface area contributed by atoms with Gasteiger partial charge in [-0.25, -0.2) is 0 Å². The maximum atomic E-state index is 10.8. The Balaban J connectivity index is 2.09. The zero-order chi connectivity index (χ0) is 10.5. The molecule has 15 heavy (non-hydrogen) atoms. The lowest BCUT2D eigenvalue weighted by atomic mass is 10.0. The zero-order valence-electron chi connectivity index (χ0n) is 8.65. The quantitative estimate of drug-likeness (QED) is 0.601. The molecule has 1 aliphatic carbocycles. The third-order valence-corrected chi connectivity index (χ3v) is 2.72. The van der Waals surface area contributed by atoms with Crippen LogP contribution in [0.25, 0.3) is 0 Å². The van der Waals surface area contributed by atoms with E-state index >= 15 is 0 Å². The summed E-state index contributed by atoms with van der Waals surface area (Å²) in [6, 6.07) is 8.11. The van der Waals surface area contributed by atoms with Gasteiger partial charge in [-0.3, -0.25) is 4.79 Å². The summed E-state index contributed by atoms with van der Waals surface area (Å²) in [5, 5.41) is 3.42. The number of aldehydes is 1. The van der Waals surface area contributed by atoms with Crippen LogP contribution in [0.1, 0.15) is 29.6 Å². The SMILES string of the molecule is O=Cc1ccccc1NC1CC=CCC1. The van der Waals surface area contributed by atoms with Gasteiger partial charge in [0, 0.05) is 17.3 Å². The zero-order valence-corrected chi connectivity index (χ0v) is 8.65. The number of hydrogen-bond acceptors (Lipinski definition) is 2. The van der Waals surface area contributed by atoms with Crippen molar-refractivity contribution < 1.29 is 4.79 Å². The predicted octanol–water partition coefficient (Wildman–Crippen LogP) is 3.02. The molecular formula is C13H15NO. The minimum Gasteiger partial charge on any atom is -0.381 e. The first-order valence-corrected chi connectivity index (χ1v) is 5.36. The first kappa shape index (κ1) is 9.97. The van der Waals surface area contributed by atoms with E-state index < -0.39 is 0 Å². The van der Waals surface area contributed by atoms with Crippen LogP contribution < -0.4 is 5.32 Å². The Hall–Kier alpha value is -1.57. The first-order valence-electron chi connectivity index (χ1n) is 5.36. The maximum absolute atomic E-state index is 10.8. The smallest absolute Gasteiger partial charge is 0.152 e. The van der Waals surface area contributed by atoms with Crippen LogP contribution in [-0.2, 0) is 0 Å². The maximum Gasteiger partial charge on any atom is 0.152 e. The highest BCUT2D eigenvalue weighted by atomic mass is 16.1. The van der Waals surface area contributed by atoms with E-state index in [1.807, 2.05) is 24.3 Å². The molecule has 1 aliphatic rings. The van der Waals surface area contributed by atoms with Crippen LogP contribution in [0, 0.1) is 0 Å². The minimum atomic E-state index is 0.469. The number of allylic oxidation sites excluding steroid dienone is 1. The second-order valence-electron chi connectivity index (χ2n) is 3.83. The van der Waals surface area contributed by atoms with E-state index in [-0.39, 0.29) is 0 Å². The van der Waals surface area contributed by atoms with Crippen LogP contribution in [0.2, 0.25) is 0 Å². The molecule has 2 rings (SSSR count). The van der Waals surface area contributed by atoms with E-state index in [2.05, 4.69) is 17.5 Å². The normalized spacial score (nSPS) is 19.9. The summed E-state index contributed by atoms with van der Waals surface area (Å²) in [4.78, 5) is 10.8. The molecular weight excluding hydrogens is 186 g/mol. The summed E-state index contributed by atoms with van der Waals surface area (Å²) >= 11 is 0. The van der Waals surface area contributed by atoms with Crippen molar-refractivity contribution in [3.05, 3.63) is 42.0 Å². The Morgan fingerprint density at radius 2 is 2.13 bits per heavy atom. The highest BCUT2D eigenvalue weighted by Crippen LogP contribution is 2.19. The van der Waals surface area contributed by atoms with Crippen molar-refractivity contribution in [1.29, 1.82) is 0 Å². The Labute approximate surface area is 90.0 Å². The van der Waals surface area contributed by atoms with Gasteiger partial charge in [-0.1, -0.05) is 24.3 Å². The number of carbonyl (C=O) groups excluding carboxylic acids is 1. The van der Waals surface area contributed by atoms with Crippen LogP contribution in [0.15, 0.2) is 36.4 Å². The number of hydrogen-bond donors (Lipinski definition) is 1. The third kappa shape index (κ3) is 2.46. The molecule has 1 unspecified atom stereocenters. The molecule has 0 amide bonds. The van der Waals surface area contributed by atoms with Crippen molar-refractivity contribution >= 4 is 12.0 Å². The molecule has 0 fully saturated rings. The Morgan fingerprint density at radius 1 is 1.27 bits per heavy atom. The molecule has 0 spiro atoms. The molecule has 1 atom stereocenters. The lowest BCUT2D eigenvalue weighted by Gasteiger charge is -2.21. The summed E-state index contributed by atoms with van der Waals surface area (Å²) in [5.41, 5.74) is 1.69. The lowest BCUT2D eigenvalue weighted by Crippen LogP contribution is -2.20. The summed E-state index contributed by atoms with van der Waals surface area (Å²) in [7, 11) is 0. The first-order chi connectivity index (χ1) is 7.40. The average molecular weight is 201 g/mol. The van der Waals surface area contributed by atoms with E-state index in [0.717, 1.165) is 36.8 Å². The minimum absolute atomic E-state index is 0.469. The molecule has 2 nitrogen and oxygen atoms in total. The fourth-order valence-electron chi connectivity index (χ4n) is 1.88. The third-order valence-electron chi connectivity index (χ3n) is 2.72. The van der Waals surface area contributed by atoms with E-state index in [1.54, 1.807) is 0 Å². The fourth-order valence-corrected chi connectivity index (χ4v) is 1.88. The summed E-state index contributed by atoms with van der Waals surface area (Å²) in [5.74, 6) is 0. The second kappa shape index (κ2) is 4.78. The molecule has 1 aromatic rings. The molecule has 78 valence electrons. The molecule has 0 saturated carbocycles. The number of benzene rings is 1. The van der Waals surface area contributed by atoms with E-state index in [9.17, 15) is 4.79 Å². The van der Waals surface area contributed by atoms with Crippen molar-refractivity contribution in [3.8, 4) is 0 Å². The van der Waals surface area contributed by atoms with Crippen LogP contribution in [0.4, 0.5) is 5.69 Å². The van der Waals surface area contributed by atoms with Gasteiger partial charge >= 0.3 is 0 Å². The monoisotopic (exact) mass is 201 g/mol. The number of rotatable bonds is 3. The molecule has 2 heteroatoms. The number of para-hydroxylation sites is 1. The Bertz CT molecular complexity index is 371. The molecule has 1 N–H and O–H groups in total. The van der Waals surface area contributed by atoms with E-state index in [4.69, 9.17) is 0 Å². The van der Waals surface area contributed by atoms with Crippen molar-refractivity contribution in [3.63, 3.8) is 0 Å². The summed E-state index contributed by atoms with van der Waals surface area (Å²) in [6.45, 7) is 0. The summed E-state index contributed by atoms with van der Waals surface area (Å²) in [6.07, 6.45) is 8.63. The largest absolute Gasteiger partial charge is 0.381 e. The molecule has 0 bridgehead atoms. The predicted molar refractivity (Wildman–Crippen MR) is 62.2 cm³/mol. The fraction of sp³-hybridized carbons (Fsp3) is 0.308. The molecule has 0 saturated heterocycles. The number of nitrogens with one attached hydrogen (secondary N) is 1. The van der Waals surface area contributed by atoms with E-state index in [0.29, 0.717) is 6.04 Å². The number of carbonyl (C=O) groups is 1. The molecule has 0 radical (unpaired) electrons. The molecule has 1 aromatic carbocycles. The van der Waals surface area contributed by atoms with Gasteiger partial charge in [0.1, 0.15) is 0 Å². The second-order valence-corrected chi connectivity index (χ2v) is 3.83. The van der Waals surface area contributed by atoms with Gasteiger partial charge in [0.05, 0.1) is 0 Å². The lowest BCUT2D eigenvalue weighted by molar-refractivity contribution is 0.112. The van der Waals surface area contributed by atoms with Crippen molar-refractivity contribution in [2.45, 2.75) is 25.3 Å². The summed E-state index contributed by atoms with van der Waals surface area (Å²) < 4.78 is 0. The van der Waals surface area contributed by atoms with Gasteiger partial charge in [0.15, 0.2) is 6.29 Å². The average Bonchev–Trinajstić information content (AvgIpc) is 2.31. The van der Waals surface area contributed by atoms with Crippen LogP contribution in [0.3, 0.4) is 0 Å². The molecule has 0 aromatic heterocycles. The number of anilines is 1. The standard InChI is InChI=1S/C13H15NO/c15-10-11-6-4-5-9-13(11)14-12-7-2-1-3-8-12/h1-2,4-6,9-10,12,14H,3,7-8H2. The van der Waals surface area contributed by atoms with Crippen molar-refractivity contribution in [2.75, 3.05) is 5.32 Å². The highest BCUT2D eigenvalue weighted by Gasteiger charge is 2.10. The van der Waals surface area contributed by atoms with Gasteiger partial charge < -0.3 is 5.32 Å². The van der Waals surface area contributed by atoms with Gasteiger partial charge in [-0.2, -0.15) is 0 Å². The topological polar surface area (TPSA) is 29.1 Å². The Kier molecular flexibility index (Phi) is 3.18.